The van der Waals surface area contributed by atoms with E-state index in [1.54, 1.807) is 4.90 Å². The Morgan fingerprint density at radius 2 is 1.86 bits per heavy atom. The highest BCUT2D eigenvalue weighted by molar-refractivity contribution is 5.94. The van der Waals surface area contributed by atoms with Crippen LogP contribution in [0.1, 0.15) is 38.3 Å². The molecule has 3 heterocycles. The fraction of sp³-hybridized carbons (Fsp3) is 0.424. The van der Waals surface area contributed by atoms with E-state index in [9.17, 15) is 14.4 Å². The summed E-state index contributed by atoms with van der Waals surface area (Å²) in [5, 5.41) is 9.80. The number of benzene rings is 2. The number of hydrazine groups is 1. The van der Waals surface area contributed by atoms with Crippen molar-refractivity contribution in [3.8, 4) is 0 Å². The number of piperidine rings is 1. The van der Waals surface area contributed by atoms with Crippen molar-refractivity contribution >= 4 is 29.2 Å². The van der Waals surface area contributed by atoms with Gasteiger partial charge in [-0.25, -0.2) is 10.2 Å². The first-order valence-electron chi connectivity index (χ1n) is 15.2. The minimum absolute atomic E-state index is 0.100. The van der Waals surface area contributed by atoms with Gasteiger partial charge in [0.2, 0.25) is 11.8 Å². The van der Waals surface area contributed by atoms with Crippen LogP contribution < -0.4 is 26.8 Å². The Morgan fingerprint density at radius 3 is 2.59 bits per heavy atom. The van der Waals surface area contributed by atoms with Crippen LogP contribution in [0.25, 0.3) is 0 Å². The van der Waals surface area contributed by atoms with Gasteiger partial charge in [-0.05, 0) is 70.6 Å². The lowest BCUT2D eigenvalue weighted by molar-refractivity contribution is -0.130. The van der Waals surface area contributed by atoms with Gasteiger partial charge >= 0.3 is 6.03 Å². The maximum absolute atomic E-state index is 13.7. The van der Waals surface area contributed by atoms with Gasteiger partial charge in [0.15, 0.2) is 0 Å². The van der Waals surface area contributed by atoms with Gasteiger partial charge in [-0.3, -0.25) is 9.59 Å². The minimum atomic E-state index is -0.557. The van der Waals surface area contributed by atoms with Gasteiger partial charge in [0.1, 0.15) is 6.17 Å². The molecule has 5 N–H and O–H groups in total. The molecule has 2 aromatic rings. The zero-order chi connectivity index (χ0) is 31.4. The average molecular weight is 601 g/mol. The Morgan fingerprint density at radius 1 is 1.11 bits per heavy atom. The van der Waals surface area contributed by atoms with E-state index in [2.05, 4.69) is 38.3 Å². The third kappa shape index (κ3) is 6.74. The van der Waals surface area contributed by atoms with Crippen LogP contribution in [-0.4, -0.2) is 84.5 Å². The van der Waals surface area contributed by atoms with Gasteiger partial charge in [0.25, 0.3) is 0 Å². The van der Waals surface area contributed by atoms with E-state index in [-0.39, 0.29) is 36.0 Å². The van der Waals surface area contributed by atoms with Gasteiger partial charge in [-0.2, -0.15) is 0 Å². The number of amides is 4. The molecule has 0 aliphatic carbocycles. The van der Waals surface area contributed by atoms with Crippen molar-refractivity contribution in [2.45, 2.75) is 44.4 Å². The number of likely N-dealkylation sites (tertiary alicyclic amines) is 1. The first-order valence-corrected chi connectivity index (χ1v) is 15.2. The Balaban J connectivity index is 1.23. The second-order valence-electron chi connectivity index (χ2n) is 12.5. The number of carbonyl (C=O) groups is 3. The lowest BCUT2D eigenvalue weighted by Crippen LogP contribution is -2.55. The summed E-state index contributed by atoms with van der Waals surface area (Å²) in [5.74, 6) is -0.512. The summed E-state index contributed by atoms with van der Waals surface area (Å²) in [6.45, 7) is 9.82. The van der Waals surface area contributed by atoms with Crippen LogP contribution in [0, 0.1) is 5.92 Å². The molecule has 11 heteroatoms. The number of anilines is 2. The van der Waals surface area contributed by atoms with Crippen LogP contribution in [0.4, 0.5) is 16.2 Å². The number of likely N-dealkylation sites (N-methyl/N-ethyl adjacent to an activating group) is 1. The van der Waals surface area contributed by atoms with Crippen LogP contribution >= 0.6 is 0 Å². The molecule has 5 rings (SSSR count). The predicted octanol–water partition coefficient (Wildman–Crippen LogP) is 3.26. The van der Waals surface area contributed by atoms with Crippen molar-refractivity contribution in [2.75, 3.05) is 50.9 Å². The van der Waals surface area contributed by atoms with Gasteiger partial charge in [-0.15, -0.1) is 0 Å². The van der Waals surface area contributed by atoms with E-state index >= 15 is 0 Å². The highest BCUT2D eigenvalue weighted by Gasteiger charge is 2.47. The Bertz CT molecular complexity index is 1420. The molecule has 1 saturated heterocycles. The molecule has 0 saturated carbocycles. The van der Waals surface area contributed by atoms with E-state index in [0.717, 1.165) is 35.4 Å². The topological polar surface area (TPSA) is 121 Å². The molecule has 4 amide bonds. The summed E-state index contributed by atoms with van der Waals surface area (Å²) < 4.78 is 0. The van der Waals surface area contributed by atoms with Gasteiger partial charge in [-0.1, -0.05) is 43.0 Å². The average Bonchev–Trinajstić information content (AvgIpc) is 3.54. The summed E-state index contributed by atoms with van der Waals surface area (Å²) in [5.41, 5.74) is 10.6. The molecular weight excluding hydrogens is 556 g/mol. The molecule has 0 radical (unpaired) electrons. The SMILES string of the molecule is C=CC(=O)N1CCCC(C(=O)Nc2cccc(NC3NNC4=C3CN(C(=O)N[C@H](CN(C)C)c3ccccc3)C4(C)C)c2)C1. The molecular formula is C33H44N8O3. The number of hydrogen-bond donors (Lipinski definition) is 5. The number of urea groups is 1. The van der Waals surface area contributed by atoms with Crippen molar-refractivity contribution in [2.24, 2.45) is 5.92 Å². The first-order chi connectivity index (χ1) is 21.1. The van der Waals surface area contributed by atoms with Crippen LogP contribution in [0.3, 0.4) is 0 Å². The lowest BCUT2D eigenvalue weighted by atomic mass is 9.97. The van der Waals surface area contributed by atoms with Crippen molar-refractivity contribution in [3.05, 3.63) is 84.1 Å². The van der Waals surface area contributed by atoms with E-state index < -0.39 is 5.54 Å². The maximum atomic E-state index is 13.7. The largest absolute Gasteiger partial charge is 0.365 e. The Labute approximate surface area is 259 Å². The summed E-state index contributed by atoms with van der Waals surface area (Å²) in [4.78, 5) is 44.4. The van der Waals surface area contributed by atoms with Crippen molar-refractivity contribution in [1.82, 2.24) is 30.9 Å². The molecule has 1 fully saturated rings. The molecule has 44 heavy (non-hydrogen) atoms. The molecule has 2 aromatic carbocycles. The molecule has 0 bridgehead atoms. The van der Waals surface area contributed by atoms with Crippen molar-refractivity contribution in [1.29, 1.82) is 0 Å². The van der Waals surface area contributed by atoms with Gasteiger partial charge in [0, 0.05) is 43.1 Å². The van der Waals surface area contributed by atoms with Crippen LogP contribution in [0.5, 0.6) is 0 Å². The zero-order valence-corrected chi connectivity index (χ0v) is 26.0. The Hall–Kier alpha value is -4.35. The summed E-state index contributed by atoms with van der Waals surface area (Å²) in [7, 11) is 4.00. The van der Waals surface area contributed by atoms with Crippen molar-refractivity contribution in [3.63, 3.8) is 0 Å². The second kappa shape index (κ2) is 13.1. The normalized spacial score (nSPS) is 21.4. The smallest absolute Gasteiger partial charge is 0.318 e. The molecule has 0 spiro atoms. The quantitative estimate of drug-likeness (QED) is 0.280. The van der Waals surface area contributed by atoms with Crippen LogP contribution in [-0.2, 0) is 9.59 Å². The predicted molar refractivity (Wildman–Crippen MR) is 172 cm³/mol. The zero-order valence-electron chi connectivity index (χ0n) is 26.0. The number of rotatable bonds is 9. The molecule has 2 unspecified atom stereocenters. The van der Waals surface area contributed by atoms with Crippen LogP contribution in [0.15, 0.2) is 78.5 Å². The molecule has 3 atom stereocenters. The monoisotopic (exact) mass is 600 g/mol. The highest BCUT2D eigenvalue weighted by Crippen LogP contribution is 2.37. The molecule has 0 aromatic heterocycles. The minimum Gasteiger partial charge on any atom is -0.365 e. The number of nitrogens with one attached hydrogen (secondary N) is 5. The highest BCUT2D eigenvalue weighted by atomic mass is 16.2. The second-order valence-corrected chi connectivity index (χ2v) is 12.5. The maximum Gasteiger partial charge on any atom is 0.318 e. The summed E-state index contributed by atoms with van der Waals surface area (Å²) >= 11 is 0. The molecule has 234 valence electrons. The fourth-order valence-corrected chi connectivity index (χ4v) is 6.25. The van der Waals surface area contributed by atoms with E-state index in [0.29, 0.717) is 31.9 Å². The number of nitrogens with zero attached hydrogens (tertiary/aromatic N) is 3. The number of carbonyl (C=O) groups excluding carboxylic acids is 3. The third-order valence-corrected chi connectivity index (χ3v) is 8.64. The number of hydrogen-bond acceptors (Lipinski definition) is 7. The molecule has 11 nitrogen and oxygen atoms in total. The lowest BCUT2D eigenvalue weighted by Gasteiger charge is -2.36. The van der Waals surface area contributed by atoms with E-state index in [1.165, 1.54) is 6.08 Å². The van der Waals surface area contributed by atoms with Crippen molar-refractivity contribution < 1.29 is 14.4 Å². The van der Waals surface area contributed by atoms with Crippen LogP contribution in [0.2, 0.25) is 0 Å². The Kier molecular flexibility index (Phi) is 9.26. The van der Waals surface area contributed by atoms with E-state index in [4.69, 9.17) is 0 Å². The van der Waals surface area contributed by atoms with Gasteiger partial charge in [0.05, 0.1) is 23.2 Å². The third-order valence-electron chi connectivity index (χ3n) is 8.64. The first kappa shape index (κ1) is 31.1. The van der Waals surface area contributed by atoms with Gasteiger partial charge < -0.3 is 36.1 Å². The standard InChI is InChI=1S/C33H44N8O3/c1-6-28(42)40-17-11-14-23(19-40)31(43)35-25-16-10-15-24(18-25)34-30-26-20-41(33(2,3)29(26)37-38-30)32(44)36-27(21-39(4)5)22-12-8-7-9-13-22/h6-10,12-13,15-16,18,23,27,30,34,37-38H,1,11,14,17,19-21H2,2-5H3,(H,35,43)(H,36,44)/t23?,27-,30?/m1/s1. The summed E-state index contributed by atoms with van der Waals surface area (Å²) in [6.07, 6.45) is 2.56. The molecule has 3 aliphatic heterocycles. The fourth-order valence-electron chi connectivity index (χ4n) is 6.25. The molecule has 3 aliphatic rings. The summed E-state index contributed by atoms with van der Waals surface area (Å²) in [6, 6.07) is 17.3. The van der Waals surface area contributed by atoms with E-state index in [1.807, 2.05) is 87.4 Å².